The van der Waals surface area contributed by atoms with Crippen LogP contribution in [0.1, 0.15) is 31.2 Å². The average Bonchev–Trinajstić information content (AvgIpc) is 3.69. The first kappa shape index (κ1) is 23.6. The molecule has 4 aromatic rings. The Labute approximate surface area is 229 Å². The first-order valence-electron chi connectivity index (χ1n) is 12.8. The van der Waals surface area contributed by atoms with Gasteiger partial charge in [-0.25, -0.2) is 0 Å². The van der Waals surface area contributed by atoms with Crippen LogP contribution in [0.3, 0.4) is 0 Å². The molecular formula is C32H24N2O4S. The summed E-state index contributed by atoms with van der Waals surface area (Å²) in [6, 6.07) is 24.4. The molecule has 192 valence electrons. The van der Waals surface area contributed by atoms with Crippen LogP contribution in [0.4, 0.5) is 11.4 Å². The minimum absolute atomic E-state index is 0.166. The van der Waals surface area contributed by atoms with Crippen molar-refractivity contribution >= 4 is 46.3 Å². The Balaban J connectivity index is 1.52. The monoisotopic (exact) mass is 532 g/mol. The summed E-state index contributed by atoms with van der Waals surface area (Å²) in [4.78, 5) is 45.9. The standard InChI is InChI=1S/C32H24N2O4S/c1-38-21-15-12-20(13-16-21)29(35)27-28(30(36)25-11-6-18-39-25)34-24-10-5-2-7-19(24)14-17-26(34)32(27)22-8-3-4-9-23(22)33-31(32)37/h2-18,26-28H,1H3,(H,33,37)/t26-,27-,28+,32+/m1/s1. The van der Waals surface area contributed by atoms with Crippen LogP contribution in [-0.4, -0.2) is 36.7 Å². The summed E-state index contributed by atoms with van der Waals surface area (Å²) < 4.78 is 5.31. The molecule has 4 atom stereocenters. The molecule has 1 saturated heterocycles. The van der Waals surface area contributed by atoms with E-state index in [-0.39, 0.29) is 17.5 Å². The Morgan fingerprint density at radius 2 is 1.69 bits per heavy atom. The highest BCUT2D eigenvalue weighted by Crippen LogP contribution is 2.58. The van der Waals surface area contributed by atoms with Crippen molar-refractivity contribution in [3.05, 3.63) is 118 Å². The number of amides is 1. The van der Waals surface area contributed by atoms with Crippen molar-refractivity contribution in [3.8, 4) is 5.75 Å². The van der Waals surface area contributed by atoms with Crippen molar-refractivity contribution in [2.24, 2.45) is 5.92 Å². The summed E-state index contributed by atoms with van der Waals surface area (Å²) in [6.07, 6.45) is 3.99. The van der Waals surface area contributed by atoms with Gasteiger partial charge in [-0.3, -0.25) is 14.4 Å². The number of thiophene rings is 1. The Kier molecular flexibility index (Phi) is 5.32. The molecule has 6 nitrogen and oxygen atoms in total. The number of carbonyl (C=O) groups is 3. The number of para-hydroxylation sites is 2. The van der Waals surface area contributed by atoms with Crippen molar-refractivity contribution in [2.45, 2.75) is 17.5 Å². The molecular weight excluding hydrogens is 508 g/mol. The lowest BCUT2D eigenvalue weighted by Crippen LogP contribution is -2.51. The van der Waals surface area contributed by atoms with Gasteiger partial charge in [0.1, 0.15) is 17.2 Å². The fraction of sp³-hybridized carbons (Fsp3) is 0.156. The molecule has 1 aromatic heterocycles. The van der Waals surface area contributed by atoms with Gasteiger partial charge in [-0.1, -0.05) is 54.6 Å². The predicted octanol–water partition coefficient (Wildman–Crippen LogP) is 5.61. The number of ketones is 2. The maximum absolute atomic E-state index is 14.7. The number of rotatable bonds is 5. The third-order valence-corrected chi connectivity index (χ3v) is 9.12. The molecule has 1 N–H and O–H groups in total. The normalized spacial score (nSPS) is 24.2. The van der Waals surface area contributed by atoms with Crippen LogP contribution in [0.15, 0.2) is 96.4 Å². The number of nitrogens with zero attached hydrogens (tertiary/aromatic N) is 1. The molecule has 7 rings (SSSR count). The van der Waals surface area contributed by atoms with Crippen molar-refractivity contribution in [3.63, 3.8) is 0 Å². The molecule has 3 aliphatic heterocycles. The van der Waals surface area contributed by atoms with Crippen LogP contribution in [0.25, 0.3) is 6.08 Å². The van der Waals surface area contributed by atoms with E-state index in [1.807, 2.05) is 77.0 Å². The molecule has 4 heterocycles. The van der Waals surface area contributed by atoms with Crippen LogP contribution < -0.4 is 15.0 Å². The zero-order valence-corrected chi connectivity index (χ0v) is 21.9. The topological polar surface area (TPSA) is 75.7 Å². The molecule has 3 aliphatic rings. The first-order valence-corrected chi connectivity index (χ1v) is 13.7. The molecule has 0 saturated carbocycles. The quantitative estimate of drug-likeness (QED) is 0.338. The van der Waals surface area contributed by atoms with Crippen LogP contribution in [0.2, 0.25) is 0 Å². The number of Topliss-reactive ketones (excluding diaryl/α,β-unsaturated/α-hetero) is 2. The molecule has 1 amide bonds. The van der Waals surface area contributed by atoms with Gasteiger partial charge in [0.15, 0.2) is 11.6 Å². The van der Waals surface area contributed by atoms with E-state index >= 15 is 0 Å². The minimum Gasteiger partial charge on any atom is -0.497 e. The van der Waals surface area contributed by atoms with Gasteiger partial charge in [0.25, 0.3) is 0 Å². The van der Waals surface area contributed by atoms with Crippen LogP contribution in [-0.2, 0) is 10.2 Å². The third kappa shape index (κ3) is 3.23. The van der Waals surface area contributed by atoms with Crippen molar-refractivity contribution in [2.75, 3.05) is 17.3 Å². The summed E-state index contributed by atoms with van der Waals surface area (Å²) in [5, 5.41) is 4.91. The smallest absolute Gasteiger partial charge is 0.238 e. The summed E-state index contributed by atoms with van der Waals surface area (Å²) in [5.41, 5.74) is 2.31. The Hall–Kier alpha value is -4.49. The minimum atomic E-state index is -1.31. The third-order valence-electron chi connectivity index (χ3n) is 8.23. The van der Waals surface area contributed by atoms with E-state index < -0.39 is 23.4 Å². The molecule has 0 radical (unpaired) electrons. The number of ether oxygens (including phenoxy) is 1. The SMILES string of the molecule is COc1ccc(C(=O)[C@H]2[C@@H](C(=O)c3cccs3)N3c4ccccc4C=C[C@@H]3[C@]23C(=O)Nc2ccccc23)cc1. The number of methoxy groups -OCH3 is 1. The van der Waals surface area contributed by atoms with E-state index in [2.05, 4.69) is 5.32 Å². The van der Waals surface area contributed by atoms with Crippen molar-refractivity contribution < 1.29 is 19.1 Å². The lowest BCUT2D eigenvalue weighted by Gasteiger charge is -2.37. The molecule has 39 heavy (non-hydrogen) atoms. The maximum Gasteiger partial charge on any atom is 0.238 e. The predicted molar refractivity (Wildman–Crippen MR) is 152 cm³/mol. The largest absolute Gasteiger partial charge is 0.497 e. The second-order valence-corrected chi connectivity index (χ2v) is 10.9. The van der Waals surface area contributed by atoms with E-state index in [4.69, 9.17) is 4.74 Å². The van der Waals surface area contributed by atoms with Gasteiger partial charge in [-0.2, -0.15) is 0 Å². The fourth-order valence-corrected chi connectivity index (χ4v) is 7.32. The first-order chi connectivity index (χ1) is 19.1. The van der Waals surface area contributed by atoms with Crippen LogP contribution in [0.5, 0.6) is 5.75 Å². The lowest BCUT2D eigenvalue weighted by atomic mass is 9.64. The summed E-state index contributed by atoms with van der Waals surface area (Å²) >= 11 is 1.35. The van der Waals surface area contributed by atoms with E-state index in [1.165, 1.54) is 11.3 Å². The maximum atomic E-state index is 14.7. The molecule has 0 unspecified atom stereocenters. The van der Waals surface area contributed by atoms with Crippen molar-refractivity contribution in [1.82, 2.24) is 0 Å². The highest BCUT2D eigenvalue weighted by atomic mass is 32.1. The summed E-state index contributed by atoms with van der Waals surface area (Å²) in [7, 11) is 1.57. The molecule has 1 spiro atoms. The highest BCUT2D eigenvalue weighted by molar-refractivity contribution is 7.12. The van der Waals surface area contributed by atoms with E-state index in [0.29, 0.717) is 21.9 Å². The summed E-state index contributed by atoms with van der Waals surface area (Å²) in [5.74, 6) is -1.04. The lowest BCUT2D eigenvalue weighted by molar-refractivity contribution is -0.121. The number of carbonyl (C=O) groups excluding carboxylic acids is 3. The van der Waals surface area contributed by atoms with Gasteiger partial charge in [-0.15, -0.1) is 11.3 Å². The van der Waals surface area contributed by atoms with Gasteiger partial charge >= 0.3 is 0 Å². The van der Waals surface area contributed by atoms with Gasteiger partial charge in [0.05, 0.1) is 23.9 Å². The average molecular weight is 533 g/mol. The van der Waals surface area contributed by atoms with E-state index in [9.17, 15) is 14.4 Å². The molecule has 3 aromatic carbocycles. The Morgan fingerprint density at radius 3 is 2.46 bits per heavy atom. The van der Waals surface area contributed by atoms with Crippen LogP contribution >= 0.6 is 11.3 Å². The number of nitrogens with one attached hydrogen (secondary N) is 1. The second kappa shape index (κ2) is 8.78. The molecule has 1 fully saturated rings. The Morgan fingerprint density at radius 1 is 0.923 bits per heavy atom. The fourth-order valence-electron chi connectivity index (χ4n) is 6.62. The molecule has 0 bridgehead atoms. The number of benzene rings is 3. The Bertz CT molecular complexity index is 1660. The van der Waals surface area contributed by atoms with Gasteiger partial charge in [0.2, 0.25) is 5.91 Å². The van der Waals surface area contributed by atoms with Crippen LogP contribution in [0, 0.1) is 5.92 Å². The number of hydrogen-bond donors (Lipinski definition) is 1. The molecule has 7 heteroatoms. The van der Waals surface area contributed by atoms with Gasteiger partial charge in [-0.05, 0) is 59.0 Å². The van der Waals surface area contributed by atoms with E-state index in [1.54, 1.807) is 37.4 Å². The zero-order chi connectivity index (χ0) is 26.7. The van der Waals surface area contributed by atoms with Gasteiger partial charge in [0, 0.05) is 16.9 Å². The van der Waals surface area contributed by atoms with Gasteiger partial charge < -0.3 is 15.0 Å². The van der Waals surface area contributed by atoms with E-state index in [0.717, 1.165) is 16.8 Å². The summed E-state index contributed by atoms with van der Waals surface area (Å²) in [6.45, 7) is 0. The van der Waals surface area contributed by atoms with Crippen molar-refractivity contribution in [1.29, 1.82) is 0 Å². The zero-order valence-electron chi connectivity index (χ0n) is 21.0. The number of anilines is 2. The number of fused-ring (bicyclic) bond motifs is 6. The molecule has 0 aliphatic carbocycles. The number of hydrogen-bond acceptors (Lipinski definition) is 6. The highest BCUT2D eigenvalue weighted by Gasteiger charge is 2.70. The second-order valence-electron chi connectivity index (χ2n) is 10.00.